The van der Waals surface area contributed by atoms with Crippen molar-refractivity contribution in [1.82, 2.24) is 15.1 Å². The van der Waals surface area contributed by atoms with Gasteiger partial charge >= 0.3 is 0 Å². The summed E-state index contributed by atoms with van der Waals surface area (Å²) in [7, 11) is 3.71. The number of piperazine rings is 1. The third kappa shape index (κ3) is 4.18. The number of hydrogen-bond donors (Lipinski definition) is 1. The van der Waals surface area contributed by atoms with E-state index in [1.54, 1.807) is 4.90 Å². The lowest BCUT2D eigenvalue weighted by Crippen LogP contribution is -2.57. The van der Waals surface area contributed by atoms with E-state index in [1.807, 2.05) is 14.1 Å². The van der Waals surface area contributed by atoms with Crippen molar-refractivity contribution in [3.8, 4) is 0 Å². The average Bonchev–Trinajstić information content (AvgIpc) is 2.45. The Hall–Kier alpha value is -0.610. The number of hydrogen-bond acceptors (Lipinski definition) is 3. The first kappa shape index (κ1) is 14.8. The lowest BCUT2D eigenvalue weighted by atomic mass is 9.87. The quantitative estimate of drug-likeness (QED) is 0.834. The summed E-state index contributed by atoms with van der Waals surface area (Å²) in [5.74, 6) is 1.15. The van der Waals surface area contributed by atoms with Crippen LogP contribution in [-0.4, -0.2) is 62.0 Å². The van der Waals surface area contributed by atoms with Crippen molar-refractivity contribution in [3.05, 3.63) is 0 Å². The molecule has 1 aliphatic heterocycles. The largest absolute Gasteiger partial charge is 0.347 e. The maximum Gasteiger partial charge on any atom is 0.240 e. The van der Waals surface area contributed by atoms with Crippen LogP contribution >= 0.6 is 0 Å². The summed E-state index contributed by atoms with van der Waals surface area (Å²) < 4.78 is 0. The van der Waals surface area contributed by atoms with E-state index in [0.29, 0.717) is 0 Å². The van der Waals surface area contributed by atoms with Gasteiger partial charge in [0.15, 0.2) is 0 Å². The first-order chi connectivity index (χ1) is 9.18. The van der Waals surface area contributed by atoms with Crippen LogP contribution in [0.2, 0.25) is 0 Å². The number of amides is 1. The van der Waals surface area contributed by atoms with Gasteiger partial charge in [-0.3, -0.25) is 9.69 Å². The van der Waals surface area contributed by atoms with E-state index in [1.165, 1.54) is 38.5 Å². The summed E-state index contributed by atoms with van der Waals surface area (Å²) in [5.41, 5.74) is 0. The van der Waals surface area contributed by atoms with Crippen molar-refractivity contribution in [2.24, 2.45) is 5.92 Å². The Morgan fingerprint density at radius 2 is 2.00 bits per heavy atom. The zero-order valence-corrected chi connectivity index (χ0v) is 12.5. The van der Waals surface area contributed by atoms with E-state index in [9.17, 15) is 4.79 Å². The first-order valence-electron chi connectivity index (χ1n) is 7.84. The van der Waals surface area contributed by atoms with Gasteiger partial charge in [-0.25, -0.2) is 0 Å². The number of nitrogens with one attached hydrogen (secondary N) is 1. The zero-order chi connectivity index (χ0) is 13.7. The number of carbonyl (C=O) groups excluding carboxylic acids is 1. The summed E-state index contributed by atoms with van der Waals surface area (Å²) in [6, 6.07) is 0.0485. The van der Waals surface area contributed by atoms with Gasteiger partial charge in [-0.05, 0) is 18.9 Å². The summed E-state index contributed by atoms with van der Waals surface area (Å²) >= 11 is 0. The Kier molecular flexibility index (Phi) is 5.64. The van der Waals surface area contributed by atoms with Gasteiger partial charge in [0.2, 0.25) is 5.91 Å². The van der Waals surface area contributed by atoms with Crippen molar-refractivity contribution in [1.29, 1.82) is 0 Å². The minimum absolute atomic E-state index is 0.0485. The fraction of sp³-hybridized carbons (Fsp3) is 0.933. The molecule has 2 aliphatic rings. The van der Waals surface area contributed by atoms with Crippen molar-refractivity contribution in [2.75, 3.05) is 40.3 Å². The van der Waals surface area contributed by atoms with Crippen molar-refractivity contribution in [2.45, 2.75) is 44.6 Å². The highest BCUT2D eigenvalue weighted by molar-refractivity contribution is 5.81. The van der Waals surface area contributed by atoms with Crippen molar-refractivity contribution in [3.63, 3.8) is 0 Å². The Balaban J connectivity index is 1.83. The second-order valence-corrected chi connectivity index (χ2v) is 6.28. The maximum atomic E-state index is 12.2. The number of carbonyl (C=O) groups is 1. The second-order valence-electron chi connectivity index (χ2n) is 6.28. The molecule has 1 amide bonds. The van der Waals surface area contributed by atoms with Crippen LogP contribution < -0.4 is 5.32 Å². The molecule has 0 aromatic carbocycles. The Morgan fingerprint density at radius 1 is 1.26 bits per heavy atom. The Labute approximate surface area is 117 Å². The summed E-state index contributed by atoms with van der Waals surface area (Å²) in [6.07, 6.45) is 8.32. The van der Waals surface area contributed by atoms with Gasteiger partial charge in [-0.2, -0.15) is 0 Å². The van der Waals surface area contributed by atoms with Gasteiger partial charge in [0.05, 0.1) is 0 Å². The SMILES string of the molecule is CN(C)C(=O)C1CNCCN1CCC1CCCCC1. The van der Waals surface area contributed by atoms with Gasteiger partial charge < -0.3 is 10.2 Å². The molecule has 1 unspecified atom stereocenters. The number of likely N-dealkylation sites (N-methyl/N-ethyl adjacent to an activating group) is 1. The van der Waals surface area contributed by atoms with Gasteiger partial charge in [-0.1, -0.05) is 32.1 Å². The van der Waals surface area contributed by atoms with Gasteiger partial charge in [0.25, 0.3) is 0 Å². The highest BCUT2D eigenvalue weighted by Gasteiger charge is 2.29. The molecule has 0 aromatic heterocycles. The lowest BCUT2D eigenvalue weighted by Gasteiger charge is -2.37. The Bertz CT molecular complexity index is 287. The van der Waals surface area contributed by atoms with Crippen molar-refractivity contribution >= 4 is 5.91 Å². The van der Waals surface area contributed by atoms with Crippen LogP contribution in [0, 0.1) is 5.92 Å². The molecule has 1 aliphatic carbocycles. The second kappa shape index (κ2) is 7.25. The predicted molar refractivity (Wildman–Crippen MR) is 78.1 cm³/mol. The minimum atomic E-state index is 0.0485. The van der Waals surface area contributed by atoms with Gasteiger partial charge in [0, 0.05) is 33.7 Å². The molecule has 0 radical (unpaired) electrons. The highest BCUT2D eigenvalue weighted by atomic mass is 16.2. The first-order valence-corrected chi connectivity index (χ1v) is 7.84. The summed E-state index contributed by atoms with van der Waals surface area (Å²) in [6.45, 7) is 3.93. The molecule has 19 heavy (non-hydrogen) atoms. The lowest BCUT2D eigenvalue weighted by molar-refractivity contribution is -0.135. The summed E-state index contributed by atoms with van der Waals surface area (Å²) in [5, 5.41) is 3.35. The molecule has 1 saturated heterocycles. The molecule has 2 fully saturated rings. The molecule has 4 heteroatoms. The smallest absolute Gasteiger partial charge is 0.240 e. The van der Waals surface area contributed by atoms with Gasteiger partial charge in [0.1, 0.15) is 6.04 Å². The van der Waals surface area contributed by atoms with Crippen LogP contribution in [0.25, 0.3) is 0 Å². The molecule has 1 saturated carbocycles. The molecule has 4 nitrogen and oxygen atoms in total. The topological polar surface area (TPSA) is 35.6 Å². The average molecular weight is 267 g/mol. The monoisotopic (exact) mass is 267 g/mol. The molecule has 110 valence electrons. The molecule has 0 spiro atoms. The van der Waals surface area contributed by atoms with E-state index in [-0.39, 0.29) is 11.9 Å². The third-order valence-electron chi connectivity index (χ3n) is 4.63. The zero-order valence-electron chi connectivity index (χ0n) is 12.5. The molecule has 0 aromatic rings. The number of rotatable bonds is 4. The molecule has 1 heterocycles. The van der Waals surface area contributed by atoms with Crippen LogP contribution in [0.5, 0.6) is 0 Å². The standard InChI is InChI=1S/C15H29N3O/c1-17(2)15(19)14-12-16-9-11-18(14)10-8-13-6-4-3-5-7-13/h13-14,16H,3-12H2,1-2H3. The molecular weight excluding hydrogens is 238 g/mol. The van der Waals surface area contributed by atoms with Gasteiger partial charge in [-0.15, -0.1) is 0 Å². The van der Waals surface area contributed by atoms with Crippen LogP contribution in [0.15, 0.2) is 0 Å². The van der Waals surface area contributed by atoms with Crippen LogP contribution in [0.1, 0.15) is 38.5 Å². The molecular formula is C15H29N3O. The fourth-order valence-electron chi connectivity index (χ4n) is 3.38. The summed E-state index contributed by atoms with van der Waals surface area (Å²) in [4.78, 5) is 16.3. The van der Waals surface area contributed by atoms with E-state index in [2.05, 4.69) is 10.2 Å². The number of nitrogens with zero attached hydrogens (tertiary/aromatic N) is 2. The van der Waals surface area contributed by atoms with Crippen molar-refractivity contribution < 1.29 is 4.79 Å². The normalized spacial score (nSPS) is 26.3. The third-order valence-corrected chi connectivity index (χ3v) is 4.63. The van der Waals surface area contributed by atoms with Crippen LogP contribution in [-0.2, 0) is 4.79 Å². The maximum absolute atomic E-state index is 12.2. The minimum Gasteiger partial charge on any atom is -0.347 e. The van der Waals surface area contributed by atoms with E-state index in [0.717, 1.165) is 32.1 Å². The molecule has 2 rings (SSSR count). The van der Waals surface area contributed by atoms with E-state index >= 15 is 0 Å². The molecule has 1 N–H and O–H groups in total. The van der Waals surface area contributed by atoms with E-state index in [4.69, 9.17) is 0 Å². The fourth-order valence-corrected chi connectivity index (χ4v) is 3.38. The molecule has 0 bridgehead atoms. The Morgan fingerprint density at radius 3 is 2.68 bits per heavy atom. The molecule has 1 atom stereocenters. The van der Waals surface area contributed by atoms with Crippen LogP contribution in [0.3, 0.4) is 0 Å². The van der Waals surface area contributed by atoms with Crippen LogP contribution in [0.4, 0.5) is 0 Å². The van der Waals surface area contributed by atoms with E-state index < -0.39 is 0 Å². The predicted octanol–water partition coefficient (Wildman–Crippen LogP) is 1.32. The highest BCUT2D eigenvalue weighted by Crippen LogP contribution is 2.26.